The SMILES string of the molecule is CCCc1ccccc1CC(=O)[C@H](CCc1ccccc1)NC(=O)[C@@H](N)CC(=O)N(CCN)CCN. The van der Waals surface area contributed by atoms with E-state index in [0.717, 1.165) is 29.5 Å². The largest absolute Gasteiger partial charge is 0.345 e. The molecule has 2 atom stereocenters. The third kappa shape index (κ3) is 9.53. The maximum Gasteiger partial charge on any atom is 0.238 e. The number of rotatable bonds is 16. The number of nitrogens with zero attached hydrogens (tertiary/aromatic N) is 1. The van der Waals surface area contributed by atoms with Gasteiger partial charge < -0.3 is 27.4 Å². The van der Waals surface area contributed by atoms with Gasteiger partial charge in [0.1, 0.15) is 0 Å². The summed E-state index contributed by atoms with van der Waals surface area (Å²) in [6.45, 7) is 3.39. The van der Waals surface area contributed by atoms with Crippen LogP contribution in [0.25, 0.3) is 0 Å². The molecule has 0 unspecified atom stereocenters. The topological polar surface area (TPSA) is 145 Å². The summed E-state index contributed by atoms with van der Waals surface area (Å²) in [5.74, 6) is -0.875. The van der Waals surface area contributed by atoms with Crippen LogP contribution >= 0.6 is 0 Å². The second kappa shape index (κ2) is 15.8. The van der Waals surface area contributed by atoms with Gasteiger partial charge in [-0.2, -0.15) is 0 Å². The van der Waals surface area contributed by atoms with Crippen LogP contribution in [0.5, 0.6) is 0 Å². The number of nitrogens with two attached hydrogens (primary N) is 3. The van der Waals surface area contributed by atoms with Crippen LogP contribution in [0.3, 0.4) is 0 Å². The molecule has 0 fully saturated rings. The molecule has 2 rings (SSSR count). The van der Waals surface area contributed by atoms with Gasteiger partial charge >= 0.3 is 0 Å². The van der Waals surface area contributed by atoms with E-state index in [1.54, 1.807) is 0 Å². The lowest BCUT2D eigenvalue weighted by Gasteiger charge is -2.24. The van der Waals surface area contributed by atoms with E-state index >= 15 is 0 Å². The molecule has 8 heteroatoms. The van der Waals surface area contributed by atoms with E-state index in [2.05, 4.69) is 12.2 Å². The smallest absolute Gasteiger partial charge is 0.238 e. The van der Waals surface area contributed by atoms with Crippen LogP contribution in [0.15, 0.2) is 54.6 Å². The van der Waals surface area contributed by atoms with Gasteiger partial charge in [-0.05, 0) is 36.0 Å². The minimum Gasteiger partial charge on any atom is -0.345 e. The van der Waals surface area contributed by atoms with Crippen LogP contribution in [0, 0.1) is 0 Å². The third-order valence-electron chi connectivity index (χ3n) is 6.15. The molecule has 8 nitrogen and oxygen atoms in total. The Morgan fingerprint density at radius 2 is 1.50 bits per heavy atom. The predicted molar refractivity (Wildman–Crippen MR) is 143 cm³/mol. The van der Waals surface area contributed by atoms with Crippen molar-refractivity contribution in [1.29, 1.82) is 0 Å². The summed E-state index contributed by atoms with van der Waals surface area (Å²) in [7, 11) is 0. The number of hydrogen-bond donors (Lipinski definition) is 4. The van der Waals surface area contributed by atoms with Crippen LogP contribution in [0.2, 0.25) is 0 Å². The highest BCUT2D eigenvalue weighted by atomic mass is 16.2. The number of nitrogens with one attached hydrogen (secondary N) is 1. The van der Waals surface area contributed by atoms with Crippen molar-refractivity contribution in [3.63, 3.8) is 0 Å². The molecule has 196 valence electrons. The van der Waals surface area contributed by atoms with E-state index < -0.39 is 18.0 Å². The van der Waals surface area contributed by atoms with Crippen LogP contribution in [0.4, 0.5) is 0 Å². The van der Waals surface area contributed by atoms with Crippen molar-refractivity contribution >= 4 is 17.6 Å². The highest BCUT2D eigenvalue weighted by molar-refractivity contribution is 5.93. The van der Waals surface area contributed by atoms with Gasteiger partial charge in [0.05, 0.1) is 18.5 Å². The molecule has 0 aliphatic rings. The molecule has 0 radical (unpaired) electrons. The standard InChI is InChI=1S/C28H41N5O3/c1-2-8-22-11-6-7-12-23(22)19-26(34)25(14-13-21-9-4-3-5-10-21)32-28(36)24(31)20-27(35)33(17-15-29)18-16-30/h3-7,9-12,24-25H,2,8,13-20,29-31H2,1H3,(H,32,36)/t24-,25-/m0/s1. The lowest BCUT2D eigenvalue weighted by atomic mass is 9.94. The van der Waals surface area contributed by atoms with E-state index in [1.165, 1.54) is 4.90 Å². The second-order valence-electron chi connectivity index (χ2n) is 9.02. The summed E-state index contributed by atoms with van der Waals surface area (Å²) in [5, 5.41) is 2.83. The summed E-state index contributed by atoms with van der Waals surface area (Å²) < 4.78 is 0. The van der Waals surface area contributed by atoms with Gasteiger partial charge in [-0.3, -0.25) is 14.4 Å². The number of benzene rings is 2. The van der Waals surface area contributed by atoms with Gasteiger partial charge in [0, 0.05) is 32.6 Å². The van der Waals surface area contributed by atoms with E-state index in [9.17, 15) is 14.4 Å². The molecule has 0 heterocycles. The predicted octanol–water partition coefficient (Wildman–Crippen LogP) is 1.33. The Labute approximate surface area is 214 Å². The fraction of sp³-hybridized carbons (Fsp3) is 0.464. The zero-order chi connectivity index (χ0) is 26.3. The average Bonchev–Trinajstić information content (AvgIpc) is 2.88. The van der Waals surface area contributed by atoms with Crippen molar-refractivity contribution < 1.29 is 14.4 Å². The van der Waals surface area contributed by atoms with Gasteiger partial charge in [0.2, 0.25) is 11.8 Å². The second-order valence-corrected chi connectivity index (χ2v) is 9.02. The number of carbonyl (C=O) groups is 3. The van der Waals surface area contributed by atoms with Gasteiger partial charge in [0.15, 0.2) is 5.78 Å². The lowest BCUT2D eigenvalue weighted by Crippen LogP contribution is -2.51. The van der Waals surface area contributed by atoms with Crippen LogP contribution in [-0.2, 0) is 33.6 Å². The van der Waals surface area contributed by atoms with Crippen molar-refractivity contribution in [1.82, 2.24) is 10.2 Å². The summed E-state index contributed by atoms with van der Waals surface area (Å²) >= 11 is 0. The Hall–Kier alpha value is -3.07. The normalized spacial score (nSPS) is 12.6. The first kappa shape index (κ1) is 29.2. The number of amides is 2. The highest BCUT2D eigenvalue weighted by Crippen LogP contribution is 2.15. The van der Waals surface area contributed by atoms with E-state index in [1.807, 2.05) is 54.6 Å². The number of Topliss-reactive ketones (excluding diaryl/α,β-unsaturated/α-hetero) is 1. The summed E-state index contributed by atoms with van der Waals surface area (Å²) in [5.41, 5.74) is 20.4. The van der Waals surface area contributed by atoms with Gasteiger partial charge in [0.25, 0.3) is 0 Å². The molecule has 2 aromatic rings. The molecule has 36 heavy (non-hydrogen) atoms. The minimum atomic E-state index is -1.07. The third-order valence-corrected chi connectivity index (χ3v) is 6.15. The fourth-order valence-electron chi connectivity index (χ4n) is 4.18. The Balaban J connectivity index is 2.11. The number of ketones is 1. The maximum atomic E-state index is 13.4. The van der Waals surface area contributed by atoms with Gasteiger partial charge in [-0.25, -0.2) is 0 Å². The zero-order valence-corrected chi connectivity index (χ0v) is 21.3. The highest BCUT2D eigenvalue weighted by Gasteiger charge is 2.26. The van der Waals surface area contributed by atoms with Crippen LogP contribution in [-0.4, -0.2) is 60.8 Å². The summed E-state index contributed by atoms with van der Waals surface area (Å²) in [6, 6.07) is 15.9. The summed E-state index contributed by atoms with van der Waals surface area (Å²) in [4.78, 5) is 40.5. The molecule has 0 bridgehead atoms. The van der Waals surface area contributed by atoms with Crippen molar-refractivity contribution in [2.24, 2.45) is 17.2 Å². The van der Waals surface area contributed by atoms with E-state index in [-0.39, 0.29) is 24.5 Å². The van der Waals surface area contributed by atoms with Crippen molar-refractivity contribution in [2.75, 3.05) is 26.2 Å². The van der Waals surface area contributed by atoms with E-state index in [0.29, 0.717) is 39.0 Å². The Morgan fingerprint density at radius 3 is 2.11 bits per heavy atom. The van der Waals surface area contributed by atoms with Crippen molar-refractivity contribution in [2.45, 2.75) is 57.5 Å². The molecule has 0 aliphatic carbocycles. The quantitative estimate of drug-likeness (QED) is 0.276. The van der Waals surface area contributed by atoms with Crippen molar-refractivity contribution in [3.05, 3.63) is 71.3 Å². The monoisotopic (exact) mass is 495 g/mol. The molecule has 0 spiro atoms. The fourth-order valence-corrected chi connectivity index (χ4v) is 4.18. The molecule has 2 amide bonds. The molecule has 7 N–H and O–H groups in total. The van der Waals surface area contributed by atoms with Crippen molar-refractivity contribution in [3.8, 4) is 0 Å². The maximum absolute atomic E-state index is 13.4. The van der Waals surface area contributed by atoms with E-state index in [4.69, 9.17) is 17.2 Å². The minimum absolute atomic E-state index is 0.0748. The first-order valence-corrected chi connectivity index (χ1v) is 12.8. The number of carbonyl (C=O) groups excluding carboxylic acids is 3. The lowest BCUT2D eigenvalue weighted by molar-refractivity contribution is -0.134. The first-order valence-electron chi connectivity index (χ1n) is 12.8. The molecule has 0 aromatic heterocycles. The Bertz CT molecular complexity index is 961. The Morgan fingerprint density at radius 1 is 0.889 bits per heavy atom. The zero-order valence-electron chi connectivity index (χ0n) is 21.3. The average molecular weight is 496 g/mol. The summed E-state index contributed by atoms with van der Waals surface area (Å²) in [6.07, 6.45) is 2.99. The first-order chi connectivity index (χ1) is 17.4. The van der Waals surface area contributed by atoms with Gasteiger partial charge in [-0.15, -0.1) is 0 Å². The molecule has 0 saturated carbocycles. The number of hydrogen-bond acceptors (Lipinski definition) is 6. The molecular formula is C28H41N5O3. The molecular weight excluding hydrogens is 454 g/mol. The number of aryl methyl sites for hydroxylation is 2. The molecule has 0 saturated heterocycles. The van der Waals surface area contributed by atoms with Crippen LogP contribution in [0.1, 0.15) is 42.9 Å². The molecule has 0 aliphatic heterocycles. The molecule has 2 aromatic carbocycles. The van der Waals surface area contributed by atoms with Gasteiger partial charge in [-0.1, -0.05) is 67.9 Å². The van der Waals surface area contributed by atoms with Crippen LogP contribution < -0.4 is 22.5 Å². The Kier molecular flexibility index (Phi) is 12.8.